The van der Waals surface area contributed by atoms with Crippen LogP contribution in [-0.2, 0) is 7.05 Å². The van der Waals surface area contributed by atoms with Gasteiger partial charge in [0.2, 0.25) is 0 Å². The van der Waals surface area contributed by atoms with Crippen LogP contribution >= 0.6 is 0 Å². The van der Waals surface area contributed by atoms with Gasteiger partial charge in [-0.3, -0.25) is 9.67 Å². The van der Waals surface area contributed by atoms with Gasteiger partial charge in [0, 0.05) is 18.8 Å². The van der Waals surface area contributed by atoms with E-state index >= 15 is 0 Å². The molecule has 4 nitrogen and oxygen atoms in total. The van der Waals surface area contributed by atoms with Gasteiger partial charge in [0.1, 0.15) is 17.3 Å². The average molecular weight is 286 g/mol. The van der Waals surface area contributed by atoms with Gasteiger partial charge in [0.05, 0.1) is 11.8 Å². The highest BCUT2D eigenvalue weighted by atomic mass is 19.1. The van der Waals surface area contributed by atoms with Gasteiger partial charge in [-0.2, -0.15) is 5.10 Å². The number of rotatable bonds is 2. The van der Waals surface area contributed by atoms with Gasteiger partial charge in [-0.25, -0.2) is 8.78 Å². The van der Waals surface area contributed by atoms with Crippen molar-refractivity contribution in [3.8, 4) is 22.4 Å². The molecule has 0 aliphatic carbocycles. The first kappa shape index (κ1) is 13.2. The molecular weight excluding hydrogens is 274 g/mol. The summed E-state index contributed by atoms with van der Waals surface area (Å²) in [6, 6.07) is 7.36. The number of hydrogen-bond donors (Lipinski definition) is 1. The van der Waals surface area contributed by atoms with E-state index in [4.69, 9.17) is 5.73 Å². The molecule has 3 rings (SSSR count). The summed E-state index contributed by atoms with van der Waals surface area (Å²) in [5.41, 5.74) is 7.98. The summed E-state index contributed by atoms with van der Waals surface area (Å²) in [7, 11) is 1.67. The number of aromatic nitrogens is 3. The number of anilines is 1. The number of nitrogens with two attached hydrogens (primary N) is 1. The summed E-state index contributed by atoms with van der Waals surface area (Å²) in [4.78, 5) is 3.72. The lowest BCUT2D eigenvalue weighted by atomic mass is 10.0. The minimum Gasteiger partial charge on any atom is -0.383 e. The first-order chi connectivity index (χ1) is 10.1. The molecule has 0 amide bonds. The Balaban J connectivity index is 2.26. The van der Waals surface area contributed by atoms with Crippen molar-refractivity contribution < 1.29 is 8.78 Å². The molecule has 2 heterocycles. The highest BCUT2D eigenvalue weighted by molar-refractivity contribution is 5.88. The summed E-state index contributed by atoms with van der Waals surface area (Å²) in [6.07, 6.45) is 2.60. The summed E-state index contributed by atoms with van der Waals surface area (Å²) in [5, 5.41) is 4.27. The van der Waals surface area contributed by atoms with Crippen LogP contribution in [0.15, 0.2) is 42.7 Å². The highest BCUT2D eigenvalue weighted by Crippen LogP contribution is 2.36. The van der Waals surface area contributed by atoms with Crippen LogP contribution < -0.4 is 5.73 Å². The van der Waals surface area contributed by atoms with Crippen molar-refractivity contribution in [3.63, 3.8) is 0 Å². The number of benzene rings is 1. The number of nitrogen functional groups attached to an aromatic ring is 1. The van der Waals surface area contributed by atoms with Crippen LogP contribution in [0.1, 0.15) is 0 Å². The maximum absolute atomic E-state index is 14.0. The van der Waals surface area contributed by atoms with Crippen LogP contribution in [0.3, 0.4) is 0 Å². The van der Waals surface area contributed by atoms with Crippen LogP contribution in [0.25, 0.3) is 22.4 Å². The normalized spacial score (nSPS) is 10.8. The molecule has 0 atom stereocenters. The van der Waals surface area contributed by atoms with Crippen molar-refractivity contribution in [2.75, 3.05) is 5.73 Å². The highest BCUT2D eigenvalue weighted by Gasteiger charge is 2.19. The minimum absolute atomic E-state index is 0.302. The van der Waals surface area contributed by atoms with E-state index in [0.29, 0.717) is 28.2 Å². The fourth-order valence-corrected chi connectivity index (χ4v) is 2.19. The van der Waals surface area contributed by atoms with Gasteiger partial charge in [0.15, 0.2) is 5.82 Å². The van der Waals surface area contributed by atoms with Crippen LogP contribution in [0, 0.1) is 11.6 Å². The van der Waals surface area contributed by atoms with Crippen LogP contribution in [0.2, 0.25) is 0 Å². The number of halogens is 2. The fraction of sp³-hybridized carbons (Fsp3) is 0.0667. The monoisotopic (exact) mass is 286 g/mol. The SMILES string of the molecule is Cn1nc(-c2ccncc2F)c(-c2ccc(F)cc2)c1N. The predicted molar refractivity (Wildman–Crippen MR) is 76.2 cm³/mol. The Labute approximate surface area is 119 Å². The second-order valence-electron chi connectivity index (χ2n) is 4.59. The van der Waals surface area contributed by atoms with Gasteiger partial charge >= 0.3 is 0 Å². The van der Waals surface area contributed by atoms with Gasteiger partial charge in [-0.05, 0) is 23.8 Å². The first-order valence-electron chi connectivity index (χ1n) is 6.26. The molecule has 0 radical (unpaired) electrons. The van der Waals surface area contributed by atoms with E-state index in [1.54, 1.807) is 19.2 Å². The lowest BCUT2D eigenvalue weighted by Crippen LogP contribution is -1.98. The summed E-state index contributed by atoms with van der Waals surface area (Å²) in [5.74, 6) is -0.454. The number of pyridine rings is 1. The number of nitrogens with zero attached hydrogens (tertiary/aromatic N) is 3. The molecule has 3 aromatic rings. The average Bonchev–Trinajstić information content (AvgIpc) is 2.76. The molecule has 0 spiro atoms. The van der Waals surface area contributed by atoms with Crippen LogP contribution in [0.4, 0.5) is 14.6 Å². The molecule has 0 bridgehead atoms. The molecule has 21 heavy (non-hydrogen) atoms. The third kappa shape index (κ3) is 2.24. The lowest BCUT2D eigenvalue weighted by molar-refractivity contribution is 0.623. The van der Waals surface area contributed by atoms with E-state index in [2.05, 4.69) is 10.1 Å². The maximum Gasteiger partial charge on any atom is 0.150 e. The molecule has 2 aromatic heterocycles. The van der Waals surface area contributed by atoms with Gasteiger partial charge in [-0.15, -0.1) is 0 Å². The lowest BCUT2D eigenvalue weighted by Gasteiger charge is -2.05. The second-order valence-corrected chi connectivity index (χ2v) is 4.59. The van der Waals surface area contributed by atoms with E-state index in [0.717, 1.165) is 6.20 Å². The first-order valence-corrected chi connectivity index (χ1v) is 6.26. The number of aryl methyl sites for hydroxylation is 1. The molecular formula is C15H12F2N4. The van der Waals surface area contributed by atoms with Gasteiger partial charge < -0.3 is 5.73 Å². The molecule has 0 fully saturated rings. The van der Waals surface area contributed by atoms with E-state index in [1.165, 1.54) is 29.1 Å². The zero-order valence-corrected chi connectivity index (χ0v) is 11.2. The third-order valence-corrected chi connectivity index (χ3v) is 3.25. The molecule has 0 aliphatic rings. The van der Waals surface area contributed by atoms with Crippen molar-refractivity contribution in [1.29, 1.82) is 0 Å². The molecule has 0 aliphatic heterocycles. The Morgan fingerprint density at radius 3 is 2.48 bits per heavy atom. The molecule has 6 heteroatoms. The van der Waals surface area contributed by atoms with Gasteiger partial charge in [0.25, 0.3) is 0 Å². The Bertz CT molecular complexity index is 794. The van der Waals surface area contributed by atoms with E-state index in [9.17, 15) is 8.78 Å². The van der Waals surface area contributed by atoms with Crippen molar-refractivity contribution in [1.82, 2.24) is 14.8 Å². The molecule has 0 unspecified atom stereocenters. The van der Waals surface area contributed by atoms with Crippen molar-refractivity contribution in [2.45, 2.75) is 0 Å². The Morgan fingerprint density at radius 2 is 1.81 bits per heavy atom. The second kappa shape index (κ2) is 4.97. The fourth-order valence-electron chi connectivity index (χ4n) is 2.19. The predicted octanol–water partition coefficient (Wildman–Crippen LogP) is 3.01. The third-order valence-electron chi connectivity index (χ3n) is 3.25. The molecule has 106 valence electrons. The van der Waals surface area contributed by atoms with Gasteiger partial charge in [-0.1, -0.05) is 12.1 Å². The van der Waals surface area contributed by atoms with Crippen LogP contribution in [0.5, 0.6) is 0 Å². The topological polar surface area (TPSA) is 56.7 Å². The standard InChI is InChI=1S/C15H12F2N4/c1-21-15(18)13(9-2-4-10(16)5-3-9)14(20-21)11-6-7-19-8-12(11)17/h2-8H,18H2,1H3. The van der Waals surface area contributed by atoms with E-state index in [-0.39, 0.29) is 5.82 Å². The largest absolute Gasteiger partial charge is 0.383 e. The molecule has 0 saturated carbocycles. The van der Waals surface area contributed by atoms with E-state index < -0.39 is 5.82 Å². The zero-order chi connectivity index (χ0) is 15.0. The minimum atomic E-state index is -0.487. The number of hydrogen-bond acceptors (Lipinski definition) is 3. The Kier molecular flexibility index (Phi) is 3.13. The Hall–Kier alpha value is -2.76. The summed E-state index contributed by atoms with van der Waals surface area (Å²) >= 11 is 0. The van der Waals surface area contributed by atoms with Crippen molar-refractivity contribution in [3.05, 3.63) is 54.4 Å². The smallest absolute Gasteiger partial charge is 0.150 e. The molecule has 2 N–H and O–H groups in total. The zero-order valence-electron chi connectivity index (χ0n) is 11.2. The Morgan fingerprint density at radius 1 is 1.10 bits per heavy atom. The van der Waals surface area contributed by atoms with Crippen molar-refractivity contribution >= 4 is 5.82 Å². The summed E-state index contributed by atoms with van der Waals surface area (Å²) < 4.78 is 28.5. The molecule has 0 saturated heterocycles. The van der Waals surface area contributed by atoms with Crippen LogP contribution in [-0.4, -0.2) is 14.8 Å². The maximum atomic E-state index is 14.0. The van der Waals surface area contributed by atoms with Crippen molar-refractivity contribution in [2.24, 2.45) is 7.05 Å². The summed E-state index contributed by atoms with van der Waals surface area (Å²) in [6.45, 7) is 0. The molecule has 1 aromatic carbocycles. The van der Waals surface area contributed by atoms with E-state index in [1.807, 2.05) is 0 Å². The quantitative estimate of drug-likeness (QED) is 0.788.